The van der Waals surface area contributed by atoms with Crippen LogP contribution >= 0.6 is 0 Å². The lowest BCUT2D eigenvalue weighted by Gasteiger charge is -2.23. The fourth-order valence-corrected chi connectivity index (χ4v) is 1.63. The second-order valence-corrected chi connectivity index (χ2v) is 4.93. The Labute approximate surface area is 118 Å². The molecule has 5 heteroatoms. The molecule has 0 fully saturated rings. The minimum Gasteiger partial charge on any atom is -0.481 e. The number of benzene rings is 1. The Morgan fingerprint density at radius 1 is 1.35 bits per heavy atom. The quantitative estimate of drug-likeness (QED) is 0.718. The van der Waals surface area contributed by atoms with Gasteiger partial charge in [0.15, 0.2) is 0 Å². The smallest absolute Gasteiger partial charge is 0.316 e. The average molecular weight is 274 g/mol. The van der Waals surface area contributed by atoms with E-state index in [2.05, 4.69) is 16.6 Å². The molecule has 0 radical (unpaired) electrons. The number of amides is 2. The van der Waals surface area contributed by atoms with Gasteiger partial charge < -0.3 is 15.7 Å². The van der Waals surface area contributed by atoms with Gasteiger partial charge in [-0.15, -0.1) is 6.42 Å². The Morgan fingerprint density at radius 2 is 1.95 bits per heavy atom. The van der Waals surface area contributed by atoms with Crippen LogP contribution in [0.2, 0.25) is 0 Å². The summed E-state index contributed by atoms with van der Waals surface area (Å²) in [5.74, 6) is 1.45. The summed E-state index contributed by atoms with van der Waals surface area (Å²) in [7, 11) is 0. The van der Waals surface area contributed by atoms with Crippen molar-refractivity contribution >= 4 is 12.0 Å². The number of urea groups is 1. The number of carbonyl (C=O) groups is 2. The van der Waals surface area contributed by atoms with Crippen LogP contribution in [-0.4, -0.2) is 22.6 Å². The number of carboxylic acids is 1. The fraction of sp³-hybridized carbons (Fsp3) is 0.333. The maximum atomic E-state index is 11.9. The molecular weight excluding hydrogens is 256 g/mol. The summed E-state index contributed by atoms with van der Waals surface area (Å²) in [5, 5.41) is 14.2. The van der Waals surface area contributed by atoms with E-state index in [1.54, 1.807) is 38.1 Å². The van der Waals surface area contributed by atoms with Gasteiger partial charge in [-0.2, -0.15) is 0 Å². The molecule has 3 N–H and O–H groups in total. The standard InChI is InChI=1S/C15H18N2O3/c1-4-15(2,3)17-14(20)16-12(10-13(18)19)11-8-6-5-7-9-11/h1,5-9,12H,10H2,2-3H3,(H,18,19)(H2,16,17,20). The molecule has 0 bridgehead atoms. The summed E-state index contributed by atoms with van der Waals surface area (Å²) in [6.07, 6.45) is 5.09. The van der Waals surface area contributed by atoms with Gasteiger partial charge in [0, 0.05) is 0 Å². The fourth-order valence-electron chi connectivity index (χ4n) is 1.63. The van der Waals surface area contributed by atoms with Crippen LogP contribution in [0, 0.1) is 12.3 Å². The van der Waals surface area contributed by atoms with Crippen LogP contribution in [0.5, 0.6) is 0 Å². The Kier molecular flexibility index (Phi) is 5.15. The van der Waals surface area contributed by atoms with Gasteiger partial charge in [0.25, 0.3) is 0 Å². The predicted molar refractivity (Wildman–Crippen MR) is 76.0 cm³/mol. The number of terminal acetylenes is 1. The van der Waals surface area contributed by atoms with E-state index in [9.17, 15) is 9.59 Å². The lowest BCUT2D eigenvalue weighted by molar-refractivity contribution is -0.137. The first kappa shape index (κ1) is 15.6. The third-order valence-corrected chi connectivity index (χ3v) is 2.67. The van der Waals surface area contributed by atoms with Gasteiger partial charge in [-0.3, -0.25) is 4.79 Å². The Balaban J connectivity index is 2.79. The summed E-state index contributed by atoms with van der Waals surface area (Å²) in [4.78, 5) is 22.8. The highest BCUT2D eigenvalue weighted by Crippen LogP contribution is 2.16. The number of hydrogen-bond donors (Lipinski definition) is 3. The van der Waals surface area contributed by atoms with Crippen LogP contribution in [-0.2, 0) is 4.79 Å². The van der Waals surface area contributed by atoms with Crippen LogP contribution in [0.3, 0.4) is 0 Å². The van der Waals surface area contributed by atoms with Gasteiger partial charge >= 0.3 is 12.0 Å². The lowest BCUT2D eigenvalue weighted by Crippen LogP contribution is -2.48. The number of nitrogens with one attached hydrogen (secondary N) is 2. The molecule has 0 saturated heterocycles. The molecule has 1 unspecified atom stereocenters. The van der Waals surface area contributed by atoms with Crippen LogP contribution in [0.1, 0.15) is 31.9 Å². The van der Waals surface area contributed by atoms with Gasteiger partial charge in [0.05, 0.1) is 18.0 Å². The summed E-state index contributed by atoms with van der Waals surface area (Å²) >= 11 is 0. The summed E-state index contributed by atoms with van der Waals surface area (Å²) in [6.45, 7) is 3.36. The molecule has 0 saturated carbocycles. The summed E-state index contributed by atoms with van der Waals surface area (Å²) in [6, 6.07) is 7.82. The number of rotatable bonds is 5. The molecule has 1 aromatic carbocycles. The van der Waals surface area contributed by atoms with Gasteiger partial charge in [0.2, 0.25) is 0 Å². The highest BCUT2D eigenvalue weighted by molar-refractivity contribution is 5.77. The van der Waals surface area contributed by atoms with E-state index in [-0.39, 0.29) is 6.42 Å². The second-order valence-electron chi connectivity index (χ2n) is 4.93. The molecule has 2 amide bonds. The second kappa shape index (κ2) is 6.62. The van der Waals surface area contributed by atoms with Gasteiger partial charge in [-0.05, 0) is 19.4 Å². The van der Waals surface area contributed by atoms with E-state index in [1.165, 1.54) is 0 Å². The third kappa shape index (κ3) is 5.02. The van der Waals surface area contributed by atoms with Crippen molar-refractivity contribution in [3.8, 4) is 12.3 Å². The van der Waals surface area contributed by atoms with E-state index >= 15 is 0 Å². The molecular formula is C15H18N2O3. The lowest BCUT2D eigenvalue weighted by atomic mass is 10.0. The van der Waals surface area contributed by atoms with E-state index in [0.717, 1.165) is 5.56 Å². The van der Waals surface area contributed by atoms with Crippen molar-refractivity contribution < 1.29 is 14.7 Å². The molecule has 1 atom stereocenters. The number of carbonyl (C=O) groups excluding carboxylic acids is 1. The molecule has 0 aliphatic carbocycles. The maximum absolute atomic E-state index is 11.9. The maximum Gasteiger partial charge on any atom is 0.316 e. The normalized spacial score (nSPS) is 12.1. The van der Waals surface area contributed by atoms with E-state index in [1.807, 2.05) is 6.07 Å². The first-order valence-corrected chi connectivity index (χ1v) is 6.17. The van der Waals surface area contributed by atoms with Gasteiger partial charge in [-0.1, -0.05) is 36.3 Å². The predicted octanol–water partition coefficient (Wildman–Crippen LogP) is 1.91. The number of carboxylic acid groups (broad SMARTS) is 1. The first-order chi connectivity index (χ1) is 9.34. The Hall–Kier alpha value is -2.48. The minimum absolute atomic E-state index is 0.200. The Bertz CT molecular complexity index is 518. The number of aliphatic carboxylic acids is 1. The topological polar surface area (TPSA) is 78.4 Å². The molecule has 5 nitrogen and oxygen atoms in total. The molecule has 1 aromatic rings. The first-order valence-electron chi connectivity index (χ1n) is 6.17. The average Bonchev–Trinajstić information content (AvgIpc) is 2.38. The van der Waals surface area contributed by atoms with Crippen molar-refractivity contribution in [3.05, 3.63) is 35.9 Å². The van der Waals surface area contributed by atoms with E-state index < -0.39 is 23.6 Å². The zero-order valence-corrected chi connectivity index (χ0v) is 11.5. The molecule has 0 aliphatic rings. The number of hydrogen-bond acceptors (Lipinski definition) is 2. The van der Waals surface area contributed by atoms with Crippen molar-refractivity contribution in [3.63, 3.8) is 0 Å². The molecule has 0 spiro atoms. The van der Waals surface area contributed by atoms with Crippen LogP contribution < -0.4 is 10.6 Å². The Morgan fingerprint density at radius 3 is 2.45 bits per heavy atom. The van der Waals surface area contributed by atoms with Crippen molar-refractivity contribution in [2.45, 2.75) is 31.8 Å². The van der Waals surface area contributed by atoms with Crippen LogP contribution in [0.15, 0.2) is 30.3 Å². The van der Waals surface area contributed by atoms with Gasteiger partial charge in [-0.25, -0.2) is 4.79 Å². The zero-order valence-electron chi connectivity index (χ0n) is 11.5. The SMILES string of the molecule is C#CC(C)(C)NC(=O)NC(CC(=O)O)c1ccccc1. The van der Waals surface area contributed by atoms with Crippen molar-refractivity contribution in [2.75, 3.05) is 0 Å². The van der Waals surface area contributed by atoms with E-state index in [4.69, 9.17) is 11.5 Å². The summed E-state index contributed by atoms with van der Waals surface area (Å²) < 4.78 is 0. The highest BCUT2D eigenvalue weighted by Gasteiger charge is 2.21. The van der Waals surface area contributed by atoms with Crippen molar-refractivity contribution in [1.29, 1.82) is 0 Å². The monoisotopic (exact) mass is 274 g/mol. The van der Waals surface area contributed by atoms with E-state index in [0.29, 0.717) is 0 Å². The minimum atomic E-state index is -0.990. The van der Waals surface area contributed by atoms with Crippen molar-refractivity contribution in [2.24, 2.45) is 0 Å². The molecule has 0 heterocycles. The largest absolute Gasteiger partial charge is 0.481 e. The highest BCUT2D eigenvalue weighted by atomic mass is 16.4. The zero-order chi connectivity index (χ0) is 15.2. The summed E-state index contributed by atoms with van der Waals surface area (Å²) in [5.41, 5.74) is -0.0716. The third-order valence-electron chi connectivity index (χ3n) is 2.67. The van der Waals surface area contributed by atoms with Gasteiger partial charge in [0.1, 0.15) is 0 Å². The van der Waals surface area contributed by atoms with Crippen LogP contribution in [0.25, 0.3) is 0 Å². The molecule has 0 aliphatic heterocycles. The molecule has 1 rings (SSSR count). The van der Waals surface area contributed by atoms with Crippen molar-refractivity contribution in [1.82, 2.24) is 10.6 Å². The molecule has 0 aromatic heterocycles. The van der Waals surface area contributed by atoms with Crippen LogP contribution in [0.4, 0.5) is 4.79 Å². The molecule has 106 valence electrons. The molecule has 20 heavy (non-hydrogen) atoms.